The Balaban J connectivity index is 1.69. The van der Waals surface area contributed by atoms with Crippen molar-refractivity contribution in [2.24, 2.45) is 0 Å². The van der Waals surface area contributed by atoms with Crippen molar-refractivity contribution in [3.63, 3.8) is 0 Å². The summed E-state index contributed by atoms with van der Waals surface area (Å²) in [6.07, 6.45) is 1.28. The van der Waals surface area contributed by atoms with Gasteiger partial charge in [-0.2, -0.15) is 5.26 Å². The van der Waals surface area contributed by atoms with Crippen LogP contribution in [0, 0.1) is 11.3 Å². The Morgan fingerprint density at radius 1 is 0.929 bits per heavy atom. The van der Waals surface area contributed by atoms with Crippen molar-refractivity contribution in [2.45, 2.75) is 6.92 Å². The fourth-order valence-corrected chi connectivity index (χ4v) is 2.40. The van der Waals surface area contributed by atoms with E-state index in [2.05, 4.69) is 32.0 Å². The first-order valence-corrected chi connectivity index (χ1v) is 8.32. The number of hydrogen-bond donors (Lipinski definition) is 3. The third-order valence-electron chi connectivity index (χ3n) is 3.63. The van der Waals surface area contributed by atoms with Crippen molar-refractivity contribution in [1.82, 2.24) is 9.97 Å². The van der Waals surface area contributed by atoms with Gasteiger partial charge in [0.25, 0.3) is 5.91 Å². The molecule has 2 aromatic carbocycles. The van der Waals surface area contributed by atoms with Crippen LogP contribution in [0.5, 0.6) is 0 Å². The van der Waals surface area contributed by atoms with Crippen molar-refractivity contribution in [1.29, 1.82) is 5.26 Å². The zero-order valence-corrected chi connectivity index (χ0v) is 14.9. The van der Waals surface area contributed by atoms with Crippen LogP contribution >= 0.6 is 0 Å². The first-order chi connectivity index (χ1) is 13.5. The largest absolute Gasteiger partial charge is 0.340 e. The number of benzene rings is 2. The van der Waals surface area contributed by atoms with E-state index in [9.17, 15) is 9.59 Å². The number of hydrogen-bond acceptors (Lipinski definition) is 6. The first kappa shape index (κ1) is 18.5. The van der Waals surface area contributed by atoms with Gasteiger partial charge in [0.1, 0.15) is 17.8 Å². The zero-order valence-electron chi connectivity index (χ0n) is 14.9. The number of nitrogens with one attached hydrogen (secondary N) is 3. The monoisotopic (exact) mass is 372 g/mol. The molecule has 3 N–H and O–H groups in total. The molecule has 0 bridgehead atoms. The summed E-state index contributed by atoms with van der Waals surface area (Å²) >= 11 is 0. The van der Waals surface area contributed by atoms with Crippen LogP contribution in [0.3, 0.4) is 0 Å². The van der Waals surface area contributed by atoms with Crippen molar-refractivity contribution in [2.75, 3.05) is 16.0 Å². The number of nitrogens with zero attached hydrogens (tertiary/aromatic N) is 3. The van der Waals surface area contributed by atoms with Gasteiger partial charge in [0.15, 0.2) is 0 Å². The van der Waals surface area contributed by atoms with Gasteiger partial charge < -0.3 is 16.0 Å². The average molecular weight is 372 g/mol. The Bertz CT molecular complexity index is 1060. The molecule has 1 aromatic heterocycles. The number of carbonyl (C=O) groups is 2. The molecule has 8 nitrogen and oxygen atoms in total. The summed E-state index contributed by atoms with van der Waals surface area (Å²) in [4.78, 5) is 31.6. The van der Waals surface area contributed by atoms with Gasteiger partial charge >= 0.3 is 0 Å². The zero-order chi connectivity index (χ0) is 19.9. The van der Waals surface area contributed by atoms with E-state index in [4.69, 9.17) is 5.26 Å². The number of amides is 2. The fourth-order valence-electron chi connectivity index (χ4n) is 2.40. The predicted molar refractivity (Wildman–Crippen MR) is 105 cm³/mol. The molecule has 0 unspecified atom stereocenters. The molecule has 2 amide bonds. The SMILES string of the molecule is CC(=O)Nc1ccc(NC(=O)c2cc(Nc3cccc(C#N)c3)ncn2)cc1. The molecule has 0 radical (unpaired) electrons. The molecule has 0 atom stereocenters. The van der Waals surface area contributed by atoms with E-state index in [1.54, 1.807) is 48.5 Å². The highest BCUT2D eigenvalue weighted by Gasteiger charge is 2.10. The number of rotatable bonds is 5. The smallest absolute Gasteiger partial charge is 0.274 e. The van der Waals surface area contributed by atoms with Crippen LogP contribution < -0.4 is 16.0 Å². The van der Waals surface area contributed by atoms with E-state index in [0.717, 1.165) is 0 Å². The minimum absolute atomic E-state index is 0.168. The Morgan fingerprint density at radius 2 is 1.64 bits per heavy atom. The third-order valence-corrected chi connectivity index (χ3v) is 3.63. The standard InChI is InChI=1S/C20H16N6O2/c1-13(27)24-15-5-7-16(8-6-15)26-20(28)18-10-19(23-12-22-18)25-17-4-2-3-14(9-17)11-21/h2-10,12H,1H3,(H,24,27)(H,26,28)(H,22,23,25). The van der Waals surface area contributed by atoms with Gasteiger partial charge in [0, 0.05) is 30.1 Å². The van der Waals surface area contributed by atoms with E-state index < -0.39 is 5.91 Å². The lowest BCUT2D eigenvalue weighted by atomic mass is 10.2. The molecule has 0 aliphatic carbocycles. The Kier molecular flexibility index (Phi) is 5.58. The maximum absolute atomic E-state index is 12.4. The number of nitriles is 1. The molecule has 0 aliphatic heterocycles. The van der Waals surface area contributed by atoms with Gasteiger partial charge in [-0.1, -0.05) is 6.07 Å². The number of anilines is 4. The molecular weight excluding hydrogens is 356 g/mol. The Hall–Kier alpha value is -4.25. The second kappa shape index (κ2) is 8.42. The quantitative estimate of drug-likeness (QED) is 0.632. The minimum atomic E-state index is -0.400. The van der Waals surface area contributed by atoms with Crippen molar-refractivity contribution in [3.05, 3.63) is 72.2 Å². The summed E-state index contributed by atoms with van der Waals surface area (Å²) in [7, 11) is 0. The first-order valence-electron chi connectivity index (χ1n) is 8.32. The van der Waals surface area contributed by atoms with Crippen molar-refractivity contribution < 1.29 is 9.59 Å². The molecule has 0 fully saturated rings. The topological polar surface area (TPSA) is 120 Å². The van der Waals surface area contributed by atoms with Gasteiger partial charge in [-0.3, -0.25) is 9.59 Å². The summed E-state index contributed by atoms with van der Waals surface area (Å²) in [5.74, 6) is -0.141. The Morgan fingerprint density at radius 3 is 2.32 bits per heavy atom. The van der Waals surface area contributed by atoms with Gasteiger partial charge in [-0.05, 0) is 42.5 Å². The normalized spacial score (nSPS) is 9.86. The summed E-state index contributed by atoms with van der Waals surface area (Å²) < 4.78 is 0. The molecule has 0 aliphatic rings. The summed E-state index contributed by atoms with van der Waals surface area (Å²) in [6, 6.07) is 17.2. The van der Waals surface area contributed by atoms with Crippen molar-refractivity contribution in [3.8, 4) is 6.07 Å². The molecule has 0 spiro atoms. The number of aromatic nitrogens is 2. The van der Waals surface area contributed by atoms with Crippen LogP contribution in [0.15, 0.2) is 60.9 Å². The molecule has 1 heterocycles. The van der Waals surface area contributed by atoms with E-state index in [1.807, 2.05) is 0 Å². The lowest BCUT2D eigenvalue weighted by Crippen LogP contribution is -2.14. The molecule has 8 heteroatoms. The highest BCUT2D eigenvalue weighted by molar-refractivity contribution is 6.03. The van der Waals surface area contributed by atoms with E-state index in [1.165, 1.54) is 19.3 Å². The van der Waals surface area contributed by atoms with Crippen LogP contribution in [0.2, 0.25) is 0 Å². The lowest BCUT2D eigenvalue weighted by Gasteiger charge is -2.09. The minimum Gasteiger partial charge on any atom is -0.340 e. The maximum Gasteiger partial charge on any atom is 0.274 e. The second-order valence-electron chi connectivity index (χ2n) is 5.82. The molecule has 0 saturated carbocycles. The van der Waals surface area contributed by atoms with Gasteiger partial charge in [0.05, 0.1) is 11.6 Å². The van der Waals surface area contributed by atoms with Crippen LogP contribution in [0.4, 0.5) is 22.9 Å². The van der Waals surface area contributed by atoms with Gasteiger partial charge in [0.2, 0.25) is 5.91 Å². The molecule has 3 aromatic rings. The van der Waals surface area contributed by atoms with E-state index in [0.29, 0.717) is 28.4 Å². The summed E-state index contributed by atoms with van der Waals surface area (Å²) in [6.45, 7) is 1.42. The van der Waals surface area contributed by atoms with E-state index in [-0.39, 0.29) is 11.6 Å². The highest BCUT2D eigenvalue weighted by atomic mass is 16.2. The van der Waals surface area contributed by atoms with Crippen LogP contribution in [-0.2, 0) is 4.79 Å². The van der Waals surface area contributed by atoms with Crippen LogP contribution in [0.1, 0.15) is 23.0 Å². The van der Waals surface area contributed by atoms with Crippen molar-refractivity contribution >= 4 is 34.7 Å². The van der Waals surface area contributed by atoms with Crippen LogP contribution in [-0.4, -0.2) is 21.8 Å². The lowest BCUT2D eigenvalue weighted by molar-refractivity contribution is -0.114. The summed E-state index contributed by atoms with van der Waals surface area (Å²) in [5.41, 5.74) is 2.57. The maximum atomic E-state index is 12.4. The van der Waals surface area contributed by atoms with Gasteiger partial charge in [-0.15, -0.1) is 0 Å². The molecule has 0 saturated heterocycles. The molecule has 3 rings (SSSR count). The van der Waals surface area contributed by atoms with Gasteiger partial charge in [-0.25, -0.2) is 9.97 Å². The number of carbonyl (C=O) groups excluding carboxylic acids is 2. The molecular formula is C20H16N6O2. The summed E-state index contributed by atoms with van der Waals surface area (Å²) in [5, 5.41) is 17.4. The Labute approximate surface area is 161 Å². The highest BCUT2D eigenvalue weighted by Crippen LogP contribution is 2.17. The molecule has 28 heavy (non-hydrogen) atoms. The molecule has 138 valence electrons. The predicted octanol–water partition coefficient (Wildman–Crippen LogP) is 3.30. The fraction of sp³-hybridized carbons (Fsp3) is 0.0500. The van der Waals surface area contributed by atoms with E-state index >= 15 is 0 Å². The second-order valence-corrected chi connectivity index (χ2v) is 5.82. The van der Waals surface area contributed by atoms with Crippen LogP contribution in [0.25, 0.3) is 0 Å². The average Bonchev–Trinajstić information content (AvgIpc) is 2.69. The third kappa shape index (κ3) is 4.89.